The van der Waals surface area contributed by atoms with Crippen LogP contribution in [0.1, 0.15) is 44.4 Å². The average molecular weight is 314 g/mol. The lowest BCUT2D eigenvalue weighted by Crippen LogP contribution is -2.33. The number of nitrogens with zero attached hydrogens (tertiary/aromatic N) is 2. The zero-order chi connectivity index (χ0) is 15.5. The normalized spacial score (nSPS) is 21.4. The van der Waals surface area contributed by atoms with Gasteiger partial charge in [0.15, 0.2) is 5.03 Å². The molecular formula is C14H26N4O2S. The molecule has 21 heavy (non-hydrogen) atoms. The molecule has 1 fully saturated rings. The van der Waals surface area contributed by atoms with Crippen molar-refractivity contribution in [2.45, 2.75) is 51.6 Å². The van der Waals surface area contributed by atoms with E-state index in [0.29, 0.717) is 25.6 Å². The summed E-state index contributed by atoms with van der Waals surface area (Å²) in [7, 11) is -3.50. The van der Waals surface area contributed by atoms with Gasteiger partial charge in [0.1, 0.15) is 0 Å². The van der Waals surface area contributed by atoms with Crippen LogP contribution in [0.25, 0.3) is 0 Å². The van der Waals surface area contributed by atoms with E-state index in [9.17, 15) is 8.42 Å². The Morgan fingerprint density at radius 2 is 2.14 bits per heavy atom. The van der Waals surface area contributed by atoms with Gasteiger partial charge in [-0.1, -0.05) is 13.8 Å². The van der Waals surface area contributed by atoms with Crippen LogP contribution < -0.4 is 5.32 Å². The van der Waals surface area contributed by atoms with Gasteiger partial charge >= 0.3 is 0 Å². The molecule has 7 heteroatoms. The maximum Gasteiger partial charge on any atom is 0.262 e. The van der Waals surface area contributed by atoms with Crippen LogP contribution in [0, 0.1) is 12.8 Å². The number of hydrogen-bond donors (Lipinski definition) is 2. The van der Waals surface area contributed by atoms with E-state index in [1.54, 1.807) is 4.31 Å². The molecule has 2 N–H and O–H groups in total. The molecule has 0 radical (unpaired) electrons. The van der Waals surface area contributed by atoms with Crippen molar-refractivity contribution in [3.8, 4) is 0 Å². The van der Waals surface area contributed by atoms with Gasteiger partial charge in [-0.3, -0.25) is 5.10 Å². The molecule has 0 aromatic carbocycles. The lowest BCUT2D eigenvalue weighted by Gasteiger charge is -2.19. The number of rotatable bonds is 5. The molecule has 1 aromatic heterocycles. The molecule has 1 aliphatic rings. The van der Waals surface area contributed by atoms with Crippen LogP contribution in [0.3, 0.4) is 0 Å². The second kappa shape index (κ2) is 6.89. The largest absolute Gasteiger partial charge is 0.313 e. The monoisotopic (exact) mass is 314 g/mol. The smallest absolute Gasteiger partial charge is 0.262 e. The van der Waals surface area contributed by atoms with E-state index in [0.717, 1.165) is 37.1 Å². The van der Waals surface area contributed by atoms with Crippen molar-refractivity contribution in [1.29, 1.82) is 0 Å². The second-order valence-corrected chi connectivity index (χ2v) is 7.71. The number of aromatic amines is 1. The molecular weight excluding hydrogens is 288 g/mol. The molecule has 1 atom stereocenters. The standard InChI is InChI=1S/C14H26N4O2S/c1-4-15-10-13-12(3)16-17-14(13)21(19,20)18-8-5-6-11(2)7-9-18/h11,15H,4-10H2,1-3H3,(H,16,17). The molecule has 2 heterocycles. The topological polar surface area (TPSA) is 78.1 Å². The third-order valence-electron chi connectivity index (χ3n) is 4.15. The highest BCUT2D eigenvalue weighted by Crippen LogP contribution is 2.25. The summed E-state index contributed by atoms with van der Waals surface area (Å²) in [5, 5.41) is 10.3. The van der Waals surface area contributed by atoms with Gasteiger partial charge in [-0.05, 0) is 38.6 Å². The first kappa shape index (κ1) is 16.5. The van der Waals surface area contributed by atoms with E-state index in [-0.39, 0.29) is 5.03 Å². The van der Waals surface area contributed by atoms with Crippen molar-refractivity contribution in [1.82, 2.24) is 19.8 Å². The van der Waals surface area contributed by atoms with Crippen molar-refractivity contribution < 1.29 is 8.42 Å². The van der Waals surface area contributed by atoms with Gasteiger partial charge < -0.3 is 5.32 Å². The third kappa shape index (κ3) is 3.64. The molecule has 6 nitrogen and oxygen atoms in total. The van der Waals surface area contributed by atoms with Crippen molar-refractivity contribution in [2.24, 2.45) is 5.92 Å². The van der Waals surface area contributed by atoms with E-state index in [1.165, 1.54) is 0 Å². The van der Waals surface area contributed by atoms with Gasteiger partial charge in [0.25, 0.3) is 10.0 Å². The fraction of sp³-hybridized carbons (Fsp3) is 0.786. The minimum atomic E-state index is -3.50. The maximum absolute atomic E-state index is 12.9. The highest BCUT2D eigenvalue weighted by atomic mass is 32.2. The van der Waals surface area contributed by atoms with Gasteiger partial charge in [-0.2, -0.15) is 9.40 Å². The van der Waals surface area contributed by atoms with Gasteiger partial charge in [0.05, 0.1) is 0 Å². The Balaban J connectivity index is 2.26. The van der Waals surface area contributed by atoms with Gasteiger partial charge in [0, 0.05) is 30.9 Å². The Hall–Kier alpha value is -0.920. The number of H-pyrrole nitrogens is 1. The van der Waals surface area contributed by atoms with Crippen LogP contribution in [0.15, 0.2) is 5.03 Å². The number of aryl methyl sites for hydroxylation is 1. The molecule has 1 saturated heterocycles. The molecule has 0 bridgehead atoms. The maximum atomic E-state index is 12.9. The predicted molar refractivity (Wildman–Crippen MR) is 82.5 cm³/mol. The van der Waals surface area contributed by atoms with E-state index in [2.05, 4.69) is 22.4 Å². The minimum absolute atomic E-state index is 0.190. The summed E-state index contributed by atoms with van der Waals surface area (Å²) in [6.45, 7) is 8.56. The molecule has 1 unspecified atom stereocenters. The highest BCUT2D eigenvalue weighted by molar-refractivity contribution is 7.89. The van der Waals surface area contributed by atoms with Crippen molar-refractivity contribution in [2.75, 3.05) is 19.6 Å². The quantitative estimate of drug-likeness (QED) is 0.866. The van der Waals surface area contributed by atoms with Gasteiger partial charge in [-0.15, -0.1) is 0 Å². The molecule has 1 aromatic rings. The van der Waals surface area contributed by atoms with Crippen molar-refractivity contribution in [3.63, 3.8) is 0 Å². The van der Waals surface area contributed by atoms with Crippen LogP contribution in [0.2, 0.25) is 0 Å². The third-order valence-corrected chi connectivity index (χ3v) is 6.02. The first-order valence-electron chi connectivity index (χ1n) is 7.71. The van der Waals surface area contributed by atoms with E-state index in [4.69, 9.17) is 0 Å². The van der Waals surface area contributed by atoms with E-state index < -0.39 is 10.0 Å². The SMILES string of the molecule is CCNCc1c(S(=O)(=O)N2CCCC(C)CC2)n[nH]c1C. The summed E-state index contributed by atoms with van der Waals surface area (Å²) in [4.78, 5) is 0. The average Bonchev–Trinajstić information content (AvgIpc) is 2.66. The van der Waals surface area contributed by atoms with Crippen LogP contribution in [-0.2, 0) is 16.6 Å². The van der Waals surface area contributed by atoms with Gasteiger partial charge in [0.2, 0.25) is 0 Å². The van der Waals surface area contributed by atoms with Crippen LogP contribution >= 0.6 is 0 Å². The Morgan fingerprint density at radius 3 is 2.86 bits per heavy atom. The number of sulfonamides is 1. The predicted octanol–water partition coefficient (Wildman–Crippen LogP) is 1.64. The first-order valence-corrected chi connectivity index (χ1v) is 9.15. The summed E-state index contributed by atoms with van der Waals surface area (Å²) in [6.07, 6.45) is 2.94. The first-order chi connectivity index (χ1) is 9.96. The van der Waals surface area contributed by atoms with Crippen LogP contribution in [0.4, 0.5) is 0 Å². The Morgan fingerprint density at radius 1 is 1.38 bits per heavy atom. The lowest BCUT2D eigenvalue weighted by atomic mass is 10.0. The number of nitrogens with one attached hydrogen (secondary N) is 2. The number of aromatic nitrogens is 2. The van der Waals surface area contributed by atoms with Crippen molar-refractivity contribution >= 4 is 10.0 Å². The molecule has 120 valence electrons. The van der Waals surface area contributed by atoms with Gasteiger partial charge in [-0.25, -0.2) is 8.42 Å². The minimum Gasteiger partial charge on any atom is -0.313 e. The molecule has 0 spiro atoms. The van der Waals surface area contributed by atoms with Crippen LogP contribution in [-0.4, -0.2) is 42.6 Å². The molecule has 0 amide bonds. The fourth-order valence-corrected chi connectivity index (χ4v) is 4.36. The second-order valence-electron chi connectivity index (χ2n) is 5.85. The molecule has 2 rings (SSSR count). The molecule has 0 saturated carbocycles. The van der Waals surface area contributed by atoms with Crippen molar-refractivity contribution in [3.05, 3.63) is 11.3 Å². The fourth-order valence-electron chi connectivity index (χ4n) is 2.70. The highest BCUT2D eigenvalue weighted by Gasteiger charge is 2.31. The Labute approximate surface area is 127 Å². The number of hydrogen-bond acceptors (Lipinski definition) is 4. The van der Waals surface area contributed by atoms with E-state index in [1.807, 2.05) is 13.8 Å². The zero-order valence-corrected chi connectivity index (χ0v) is 14.0. The Kier molecular flexibility index (Phi) is 5.40. The Bertz CT molecular complexity index is 568. The molecule has 1 aliphatic heterocycles. The van der Waals surface area contributed by atoms with Crippen LogP contribution in [0.5, 0.6) is 0 Å². The summed E-state index contributed by atoms with van der Waals surface area (Å²) in [5.74, 6) is 0.590. The molecule has 0 aliphatic carbocycles. The summed E-state index contributed by atoms with van der Waals surface area (Å²) in [6, 6.07) is 0. The van der Waals surface area contributed by atoms with E-state index >= 15 is 0 Å². The summed E-state index contributed by atoms with van der Waals surface area (Å²) >= 11 is 0. The lowest BCUT2D eigenvalue weighted by molar-refractivity contribution is 0.414. The summed E-state index contributed by atoms with van der Waals surface area (Å²) in [5.41, 5.74) is 1.58. The summed E-state index contributed by atoms with van der Waals surface area (Å²) < 4.78 is 27.3. The zero-order valence-electron chi connectivity index (χ0n) is 13.1.